The number of hydrogen-bond donors (Lipinski definition) is 18. The smallest absolute Gasteiger partial charge is 0.410 e. The van der Waals surface area contributed by atoms with E-state index in [0.29, 0.717) is 94.6 Å². The van der Waals surface area contributed by atoms with E-state index in [9.17, 15) is 79.5 Å². The molecule has 1 fully saturated rings. The van der Waals surface area contributed by atoms with Gasteiger partial charge in [-0.2, -0.15) is 0 Å². The molecule has 21 atom stereocenters. The first-order chi connectivity index (χ1) is 64.3. The second kappa shape index (κ2) is 65.0. The molecule has 0 radical (unpaired) electrons. The Labute approximate surface area is 792 Å². The first kappa shape index (κ1) is 119. The number of likely N-dealkylation sites (N-methyl/N-ethyl adjacent to an activating group) is 2. The average Bonchev–Trinajstić information content (AvgIpc) is 1.70. The van der Waals surface area contributed by atoms with Gasteiger partial charge in [0.1, 0.15) is 60.9 Å². The summed E-state index contributed by atoms with van der Waals surface area (Å²) in [5, 5.41) is 133. The van der Waals surface area contributed by atoms with Crippen molar-refractivity contribution in [2.75, 3.05) is 185 Å². The van der Waals surface area contributed by atoms with Crippen molar-refractivity contribution in [1.82, 2.24) is 55.9 Å². The van der Waals surface area contributed by atoms with E-state index in [4.69, 9.17) is 73.8 Å². The molecule has 9 amide bonds. The summed E-state index contributed by atoms with van der Waals surface area (Å²) in [7, 11) is 6.04. The summed E-state index contributed by atoms with van der Waals surface area (Å²) in [5.41, 5.74) is 13.4. The van der Waals surface area contributed by atoms with Crippen LogP contribution in [0.2, 0.25) is 0 Å². The zero-order chi connectivity index (χ0) is 100. The van der Waals surface area contributed by atoms with Crippen molar-refractivity contribution in [3.63, 3.8) is 0 Å². The monoisotopic (exact) mass is 1930 g/mol. The highest BCUT2D eigenvalue weighted by Crippen LogP contribution is 2.32. The SMILES string of the molecule is CC[C@H](C)[C@@H]([C@H](CC(=O)N1CCC[C@H]1[C@H](OC)[C@@H](C)C(=O)N[C@@H](C)[C@H](O)c1ccccc1)OC)N(C)C(=O)[C@@H](NC(=O)[C@H](C(C)C)N(C)C(=O)OC(Cc1cnnn1CCOCCOCCOCCOCCOCCOCCOCCOCCN(C[C@H](O)[C@@H](O)[C@H](O)[C@H](O)CO)C[C@H](O)[C@@H](O)[C@H](O)[C@H](O)CO)c1ccc(NC(=O)[C@H](CCCNC(N)=O)NC(=O)[C@@H](N)C(C)C)cc1)C(C)C. The number of likely N-dealkylation sites (tertiary alicyclic amines) is 1. The second-order valence-corrected chi connectivity index (χ2v) is 34.9. The average molecular weight is 1930 g/mol. The van der Waals surface area contributed by atoms with Gasteiger partial charge < -0.3 is 156 Å². The van der Waals surface area contributed by atoms with Crippen LogP contribution in [0.5, 0.6) is 0 Å². The molecular formula is C91H158N14O30. The third kappa shape index (κ3) is 41.5. The third-order valence-corrected chi connectivity index (χ3v) is 23.7. The van der Waals surface area contributed by atoms with Crippen molar-refractivity contribution < 1.29 is 147 Å². The van der Waals surface area contributed by atoms with Crippen LogP contribution >= 0.6 is 0 Å². The fraction of sp³-hybridized carbons (Fsp3) is 0.758. The molecule has 44 heteroatoms. The van der Waals surface area contributed by atoms with Crippen molar-refractivity contribution in [3.8, 4) is 0 Å². The Balaban J connectivity index is 1.32. The molecule has 4 rings (SSSR count). The summed E-state index contributed by atoms with van der Waals surface area (Å²) >= 11 is 0. The fourth-order valence-corrected chi connectivity index (χ4v) is 15.4. The van der Waals surface area contributed by atoms with E-state index < -0.39 is 195 Å². The first-order valence-corrected chi connectivity index (χ1v) is 46.6. The van der Waals surface area contributed by atoms with Crippen LogP contribution in [0, 0.1) is 29.6 Å². The van der Waals surface area contributed by atoms with E-state index >= 15 is 4.79 Å². The number of methoxy groups -OCH3 is 2. The predicted molar refractivity (Wildman–Crippen MR) is 493 cm³/mol. The number of nitrogens with two attached hydrogens (primary N) is 2. The van der Waals surface area contributed by atoms with Gasteiger partial charge >= 0.3 is 12.1 Å². The third-order valence-electron chi connectivity index (χ3n) is 23.7. The van der Waals surface area contributed by atoms with Gasteiger partial charge in [-0.05, 0) is 79.5 Å². The van der Waals surface area contributed by atoms with E-state index in [1.54, 1.807) is 108 Å². The van der Waals surface area contributed by atoms with E-state index in [1.165, 1.54) is 42.2 Å². The number of amides is 9. The molecule has 1 aromatic heterocycles. The Morgan fingerprint density at radius 1 is 0.578 bits per heavy atom. The van der Waals surface area contributed by atoms with Crippen LogP contribution in [0.3, 0.4) is 0 Å². The molecule has 0 spiro atoms. The van der Waals surface area contributed by atoms with Gasteiger partial charge in [-0.25, -0.2) is 14.3 Å². The summed E-state index contributed by atoms with van der Waals surface area (Å²) in [6, 6.07) is 8.59. The van der Waals surface area contributed by atoms with E-state index in [0.717, 1.165) is 0 Å². The van der Waals surface area contributed by atoms with Crippen molar-refractivity contribution in [3.05, 3.63) is 77.6 Å². The van der Waals surface area contributed by atoms with Crippen molar-refractivity contribution in [2.45, 2.75) is 236 Å². The molecule has 1 aliphatic rings. The zero-order valence-corrected chi connectivity index (χ0v) is 81.0. The molecule has 0 saturated carbocycles. The van der Waals surface area contributed by atoms with E-state index in [-0.39, 0.29) is 128 Å². The highest BCUT2D eigenvalue weighted by Gasteiger charge is 2.45. The molecule has 1 unspecified atom stereocenters. The number of aromatic nitrogens is 3. The quantitative estimate of drug-likeness (QED) is 0.0275. The number of urea groups is 1. The topological polar surface area (TPSA) is 616 Å². The van der Waals surface area contributed by atoms with Crippen molar-refractivity contribution in [2.24, 2.45) is 41.1 Å². The lowest BCUT2D eigenvalue weighted by Gasteiger charge is -2.41. The minimum Gasteiger partial charge on any atom is -0.441 e. The highest BCUT2D eigenvalue weighted by molar-refractivity contribution is 5.98. The molecular weight excluding hydrogens is 1770 g/mol. The van der Waals surface area contributed by atoms with Gasteiger partial charge in [0.15, 0.2) is 0 Å². The van der Waals surface area contributed by atoms with Gasteiger partial charge in [0, 0.05) is 73.1 Å². The maximum atomic E-state index is 15.2. The summed E-state index contributed by atoms with van der Waals surface area (Å²) in [6.07, 6.45) is -15.6. The molecule has 1 aliphatic heterocycles. The Hall–Kier alpha value is -7.98. The summed E-state index contributed by atoms with van der Waals surface area (Å²) in [4.78, 5) is 118. The van der Waals surface area contributed by atoms with Crippen LogP contribution in [0.25, 0.3) is 0 Å². The minimum absolute atomic E-state index is 0.00617. The molecule has 20 N–H and O–H groups in total. The van der Waals surface area contributed by atoms with Crippen LogP contribution in [-0.2, 0) is 93.8 Å². The Kier molecular flexibility index (Phi) is 57.5. The van der Waals surface area contributed by atoms with Gasteiger partial charge in [-0.15, -0.1) is 5.10 Å². The van der Waals surface area contributed by atoms with Crippen LogP contribution < -0.4 is 38.1 Å². The zero-order valence-electron chi connectivity index (χ0n) is 81.0. The normalized spacial score (nSPS) is 17.6. The summed E-state index contributed by atoms with van der Waals surface area (Å²) in [6.45, 7) is 19.9. The van der Waals surface area contributed by atoms with Crippen LogP contribution in [0.4, 0.5) is 15.3 Å². The number of anilines is 1. The molecule has 2 aromatic carbocycles. The highest BCUT2D eigenvalue weighted by atomic mass is 16.6. The number of carbonyl (C=O) groups is 8. The second-order valence-electron chi connectivity index (χ2n) is 34.9. The number of ether oxygens (including phenoxy) is 11. The maximum absolute atomic E-state index is 15.2. The number of benzene rings is 2. The van der Waals surface area contributed by atoms with E-state index in [2.05, 4.69) is 36.9 Å². The number of primary amides is 1. The number of hydrogen-bond acceptors (Lipinski definition) is 34. The molecule has 2 heterocycles. The fourth-order valence-electron chi connectivity index (χ4n) is 15.4. The number of nitrogens with one attached hydrogen (secondary N) is 5. The lowest BCUT2D eigenvalue weighted by Crippen LogP contribution is -2.60. The standard InChI is InChI=1S/C91H158N14O30/c1-15-59(8)78(73(125-13)50-74(112)104-30-20-24-67(104)84(126-14)60(9)85(118)96-61(10)79(113)63-21-17-16-18-22-63)101(11)89(122)76(57(4)5)99-88(121)77(58(6)7)102(12)91(124)135-72(62-25-27-64(28-26-62)97-86(119)66(23-19-29-94-90(93)123)98-87(120)75(92)56(2)3)49-65-51-95-100-105(65)32-34-128-36-38-130-40-42-132-44-46-134-48-47-133-45-43-131-41-39-129-37-35-127-33-31-103(52-68(108)80(114)82(116)70(110)54-106)53-69(109)81(115)83(117)71(111)55-107/h16-18,21-22,25-28,51,56-61,66-73,75-84,106-111,113-117H,15,19-20,23-24,29-50,52-55,92H2,1-14H3,(H,96,118)(H,97,119)(H,98,120)(H,99,121)(H3,93,94,123)/t59-,60+,61-,66-,67-,68-,69-,70+,71+,72?,73-,75-,76-,77-,78-,79-,80+,81+,82+,83+,84+/m0/s1. The molecule has 44 nitrogen and oxygen atoms in total. The molecule has 135 heavy (non-hydrogen) atoms. The number of aliphatic hydroxyl groups is 11. The molecule has 0 aliphatic carbocycles. The Morgan fingerprint density at radius 2 is 1.09 bits per heavy atom. The number of carbonyl (C=O) groups excluding carboxylic acids is 8. The number of nitrogens with zero attached hydrogens (tertiary/aromatic N) is 7. The molecule has 772 valence electrons. The molecule has 3 aromatic rings. The largest absolute Gasteiger partial charge is 0.441 e. The number of rotatable bonds is 72. The molecule has 1 saturated heterocycles. The van der Waals surface area contributed by atoms with Gasteiger partial charge in [0.25, 0.3) is 0 Å². The van der Waals surface area contributed by atoms with E-state index in [1.807, 2.05) is 32.0 Å². The molecule has 0 bridgehead atoms. The van der Waals surface area contributed by atoms with Gasteiger partial charge in [0.2, 0.25) is 35.4 Å². The lowest BCUT2D eigenvalue weighted by atomic mass is 9.89. The minimum atomic E-state index is -1.92. The Morgan fingerprint density at radius 3 is 1.56 bits per heavy atom. The van der Waals surface area contributed by atoms with Crippen molar-refractivity contribution >= 4 is 53.3 Å². The first-order valence-electron chi connectivity index (χ1n) is 46.6. The summed E-state index contributed by atoms with van der Waals surface area (Å²) < 4.78 is 65.3. The van der Waals surface area contributed by atoms with Gasteiger partial charge in [0.05, 0.1) is 204 Å². The van der Waals surface area contributed by atoms with Crippen molar-refractivity contribution in [1.29, 1.82) is 0 Å². The number of aliphatic hydroxyl groups excluding tert-OH is 11. The summed E-state index contributed by atoms with van der Waals surface area (Å²) in [5.74, 6) is -5.09. The maximum Gasteiger partial charge on any atom is 0.410 e. The van der Waals surface area contributed by atoms with Gasteiger partial charge in [-0.3, -0.25) is 38.6 Å². The van der Waals surface area contributed by atoms with Crippen LogP contribution in [0.1, 0.15) is 137 Å². The van der Waals surface area contributed by atoms with Crippen LogP contribution in [0.15, 0.2) is 60.8 Å². The van der Waals surface area contributed by atoms with Gasteiger partial charge in [-0.1, -0.05) is 116 Å². The lowest BCUT2D eigenvalue weighted by molar-refractivity contribution is -0.148. The predicted octanol–water partition coefficient (Wildman–Crippen LogP) is -1.88. The Bertz CT molecular complexity index is 3790. The van der Waals surface area contributed by atoms with Crippen LogP contribution in [-0.4, -0.2) is 422 Å².